The van der Waals surface area contributed by atoms with Crippen molar-refractivity contribution in [2.75, 3.05) is 12.4 Å². The van der Waals surface area contributed by atoms with Crippen molar-refractivity contribution >= 4 is 11.7 Å². The molecule has 0 atom stereocenters. The molecule has 0 amide bonds. The first-order chi connectivity index (χ1) is 9.19. The van der Waals surface area contributed by atoms with E-state index in [1.54, 1.807) is 24.4 Å². The van der Waals surface area contributed by atoms with Crippen LogP contribution in [0, 0.1) is 6.92 Å². The first-order valence-corrected chi connectivity index (χ1v) is 5.90. The molecule has 19 heavy (non-hydrogen) atoms. The number of anilines is 1. The van der Waals surface area contributed by atoms with E-state index in [4.69, 9.17) is 0 Å². The van der Waals surface area contributed by atoms with E-state index in [0.717, 1.165) is 17.2 Å². The van der Waals surface area contributed by atoms with Crippen molar-refractivity contribution < 1.29 is 9.53 Å². The number of carbonyl (C=O) groups is 1. The lowest BCUT2D eigenvalue weighted by Crippen LogP contribution is -2.05. The third-order valence-electron chi connectivity index (χ3n) is 2.59. The minimum atomic E-state index is -0.346. The molecule has 0 aliphatic heterocycles. The molecule has 2 aromatic rings. The van der Waals surface area contributed by atoms with Gasteiger partial charge in [0, 0.05) is 11.9 Å². The van der Waals surface area contributed by atoms with Gasteiger partial charge in [-0.15, -0.1) is 0 Å². The molecular weight excluding hydrogens is 242 g/mol. The fraction of sp³-hybridized carbons (Fsp3) is 0.214. The van der Waals surface area contributed by atoms with E-state index in [1.165, 1.54) is 7.11 Å². The van der Waals surface area contributed by atoms with Crippen LogP contribution >= 0.6 is 0 Å². The number of benzene rings is 1. The summed E-state index contributed by atoms with van der Waals surface area (Å²) in [6.45, 7) is 2.43. The highest BCUT2D eigenvalue weighted by molar-refractivity contribution is 5.90. The van der Waals surface area contributed by atoms with Crippen LogP contribution in [0.15, 0.2) is 36.5 Å². The van der Waals surface area contributed by atoms with Gasteiger partial charge in [0.15, 0.2) is 0 Å². The molecule has 0 fully saturated rings. The van der Waals surface area contributed by atoms with Crippen molar-refractivity contribution in [3.8, 4) is 0 Å². The molecule has 0 aliphatic carbocycles. The number of hydrogen-bond acceptors (Lipinski definition) is 5. The molecule has 0 saturated carbocycles. The van der Waals surface area contributed by atoms with Crippen molar-refractivity contribution in [1.82, 2.24) is 9.97 Å². The van der Waals surface area contributed by atoms with E-state index in [9.17, 15) is 4.79 Å². The molecule has 98 valence electrons. The summed E-state index contributed by atoms with van der Waals surface area (Å²) in [5.41, 5.74) is 2.27. The number of esters is 1. The Kier molecular flexibility index (Phi) is 4.07. The predicted octanol–water partition coefficient (Wildman–Crippen LogP) is 2.18. The van der Waals surface area contributed by atoms with Gasteiger partial charge in [-0.1, -0.05) is 6.07 Å². The van der Waals surface area contributed by atoms with Crippen molar-refractivity contribution in [2.24, 2.45) is 0 Å². The first kappa shape index (κ1) is 13.0. The zero-order valence-corrected chi connectivity index (χ0v) is 10.9. The third-order valence-corrected chi connectivity index (χ3v) is 2.59. The molecular formula is C14H15N3O2. The molecule has 2 rings (SSSR count). The fourth-order valence-corrected chi connectivity index (χ4v) is 1.67. The minimum absolute atomic E-state index is 0.346. The van der Waals surface area contributed by atoms with Crippen LogP contribution in [0.25, 0.3) is 0 Å². The molecule has 1 aromatic carbocycles. The summed E-state index contributed by atoms with van der Waals surface area (Å²) in [6, 6.07) is 9.01. The van der Waals surface area contributed by atoms with Crippen LogP contribution in [-0.2, 0) is 11.3 Å². The normalized spacial score (nSPS) is 10.0. The topological polar surface area (TPSA) is 64.1 Å². The Hall–Kier alpha value is -2.43. The van der Waals surface area contributed by atoms with Gasteiger partial charge in [0.1, 0.15) is 5.82 Å². The molecule has 1 aromatic heterocycles. The summed E-state index contributed by atoms with van der Waals surface area (Å²) in [7, 11) is 1.37. The second-order valence-corrected chi connectivity index (χ2v) is 4.02. The highest BCUT2D eigenvalue weighted by Gasteiger charge is 2.05. The Morgan fingerprint density at radius 2 is 2.21 bits per heavy atom. The van der Waals surface area contributed by atoms with E-state index in [1.807, 2.05) is 19.1 Å². The average molecular weight is 257 g/mol. The molecule has 0 saturated heterocycles. The highest BCUT2D eigenvalue weighted by Crippen LogP contribution is 2.12. The van der Waals surface area contributed by atoms with Gasteiger partial charge in [-0.3, -0.25) is 0 Å². The van der Waals surface area contributed by atoms with Gasteiger partial charge in [-0.05, 0) is 31.2 Å². The lowest BCUT2D eigenvalue weighted by Gasteiger charge is -2.07. The number of nitrogens with zero attached hydrogens (tertiary/aromatic N) is 2. The van der Waals surface area contributed by atoms with Gasteiger partial charge in [0.2, 0.25) is 0 Å². The smallest absolute Gasteiger partial charge is 0.337 e. The number of carbonyl (C=O) groups excluding carboxylic acids is 1. The Morgan fingerprint density at radius 3 is 2.95 bits per heavy atom. The maximum atomic E-state index is 11.4. The zero-order chi connectivity index (χ0) is 13.7. The molecule has 0 unspecified atom stereocenters. The summed E-state index contributed by atoms with van der Waals surface area (Å²) in [4.78, 5) is 19.8. The van der Waals surface area contributed by atoms with Crippen LogP contribution in [0.1, 0.15) is 21.9 Å². The van der Waals surface area contributed by atoms with Gasteiger partial charge >= 0.3 is 5.97 Å². The minimum Gasteiger partial charge on any atom is -0.465 e. The molecule has 0 aliphatic rings. The number of hydrogen-bond donors (Lipinski definition) is 1. The molecule has 5 heteroatoms. The Balaban J connectivity index is 2.05. The molecule has 1 heterocycles. The van der Waals surface area contributed by atoms with Crippen LogP contribution in [0.5, 0.6) is 0 Å². The monoisotopic (exact) mass is 257 g/mol. The van der Waals surface area contributed by atoms with Crippen LogP contribution < -0.4 is 5.32 Å². The van der Waals surface area contributed by atoms with Crippen LogP contribution in [-0.4, -0.2) is 23.0 Å². The van der Waals surface area contributed by atoms with Crippen molar-refractivity contribution in [3.63, 3.8) is 0 Å². The number of aryl methyl sites for hydroxylation is 1. The zero-order valence-electron chi connectivity index (χ0n) is 10.9. The van der Waals surface area contributed by atoms with Gasteiger partial charge in [0.25, 0.3) is 0 Å². The molecule has 1 N–H and O–H groups in total. The van der Waals surface area contributed by atoms with E-state index in [0.29, 0.717) is 12.1 Å². The summed E-state index contributed by atoms with van der Waals surface area (Å²) in [6.07, 6.45) is 1.73. The van der Waals surface area contributed by atoms with Crippen LogP contribution in [0.2, 0.25) is 0 Å². The lowest BCUT2D eigenvalue weighted by molar-refractivity contribution is 0.0601. The quantitative estimate of drug-likeness (QED) is 0.850. The van der Waals surface area contributed by atoms with E-state index >= 15 is 0 Å². The van der Waals surface area contributed by atoms with Gasteiger partial charge in [-0.25, -0.2) is 14.8 Å². The Bertz CT molecular complexity index is 584. The summed E-state index contributed by atoms with van der Waals surface area (Å²) >= 11 is 0. The Morgan fingerprint density at radius 1 is 1.37 bits per heavy atom. The third kappa shape index (κ3) is 3.51. The van der Waals surface area contributed by atoms with Crippen molar-refractivity contribution in [3.05, 3.63) is 53.6 Å². The molecule has 0 spiro atoms. The summed E-state index contributed by atoms with van der Waals surface area (Å²) in [5.74, 6) is 0.393. The van der Waals surface area contributed by atoms with Crippen molar-refractivity contribution in [2.45, 2.75) is 13.5 Å². The number of ether oxygens (including phenoxy) is 1. The van der Waals surface area contributed by atoms with Crippen LogP contribution in [0.4, 0.5) is 5.69 Å². The fourth-order valence-electron chi connectivity index (χ4n) is 1.67. The average Bonchev–Trinajstić information content (AvgIpc) is 2.45. The second-order valence-electron chi connectivity index (χ2n) is 4.02. The van der Waals surface area contributed by atoms with E-state index in [2.05, 4.69) is 20.0 Å². The number of aromatic nitrogens is 2. The van der Waals surface area contributed by atoms with Crippen molar-refractivity contribution in [1.29, 1.82) is 0 Å². The lowest BCUT2D eigenvalue weighted by atomic mass is 10.2. The predicted molar refractivity (Wildman–Crippen MR) is 71.9 cm³/mol. The summed E-state index contributed by atoms with van der Waals surface area (Å²) in [5, 5.41) is 3.21. The van der Waals surface area contributed by atoms with Gasteiger partial charge in [0.05, 0.1) is 24.9 Å². The Labute approximate surface area is 111 Å². The number of rotatable bonds is 4. The van der Waals surface area contributed by atoms with Gasteiger partial charge < -0.3 is 10.1 Å². The SMILES string of the molecule is COC(=O)c1cccc(NCc2ccnc(C)n2)c1. The number of methoxy groups -OCH3 is 1. The van der Waals surface area contributed by atoms with E-state index < -0.39 is 0 Å². The summed E-state index contributed by atoms with van der Waals surface area (Å²) < 4.78 is 4.68. The van der Waals surface area contributed by atoms with Crippen LogP contribution in [0.3, 0.4) is 0 Å². The van der Waals surface area contributed by atoms with Gasteiger partial charge in [-0.2, -0.15) is 0 Å². The highest BCUT2D eigenvalue weighted by atomic mass is 16.5. The largest absolute Gasteiger partial charge is 0.465 e. The molecule has 0 radical (unpaired) electrons. The maximum Gasteiger partial charge on any atom is 0.337 e. The standard InChI is InChI=1S/C14H15N3O2/c1-10-15-7-6-13(17-10)9-16-12-5-3-4-11(8-12)14(18)19-2/h3-8,16H,9H2,1-2H3. The second kappa shape index (κ2) is 5.95. The maximum absolute atomic E-state index is 11.4. The number of nitrogens with one attached hydrogen (secondary N) is 1. The molecule has 0 bridgehead atoms. The first-order valence-electron chi connectivity index (χ1n) is 5.90. The van der Waals surface area contributed by atoms with E-state index in [-0.39, 0.29) is 5.97 Å². The molecule has 5 nitrogen and oxygen atoms in total.